The molecule has 0 aliphatic rings. The van der Waals surface area contributed by atoms with Crippen LogP contribution in [0.25, 0.3) is 0 Å². The van der Waals surface area contributed by atoms with Crippen LogP contribution in [0.2, 0.25) is 0 Å². The van der Waals surface area contributed by atoms with Crippen LogP contribution in [0.3, 0.4) is 0 Å². The van der Waals surface area contributed by atoms with E-state index in [9.17, 15) is 4.39 Å². The minimum absolute atomic E-state index is 0.122. The first kappa shape index (κ1) is 13.8. The summed E-state index contributed by atoms with van der Waals surface area (Å²) >= 11 is 0. The predicted octanol–water partition coefficient (Wildman–Crippen LogP) is 4.09. The molecule has 0 radical (unpaired) electrons. The van der Waals surface area contributed by atoms with Gasteiger partial charge >= 0.3 is 0 Å². The normalized spacial score (nSPS) is 12.4. The van der Waals surface area contributed by atoms with Gasteiger partial charge in [-0.3, -0.25) is 0 Å². The molecule has 0 heterocycles. The van der Waals surface area contributed by atoms with Crippen molar-refractivity contribution in [2.75, 3.05) is 6.54 Å². The van der Waals surface area contributed by atoms with Crippen LogP contribution in [-0.2, 0) is 6.42 Å². The third-order valence-corrected chi connectivity index (χ3v) is 3.33. The molecule has 0 spiro atoms. The van der Waals surface area contributed by atoms with Crippen molar-refractivity contribution in [1.29, 1.82) is 0 Å². The Kier molecular flexibility index (Phi) is 4.69. The van der Waals surface area contributed by atoms with Gasteiger partial charge in [0, 0.05) is 0 Å². The van der Waals surface area contributed by atoms with E-state index in [1.165, 1.54) is 23.3 Å². The van der Waals surface area contributed by atoms with Crippen molar-refractivity contribution < 1.29 is 4.39 Å². The number of hydrogen-bond acceptors (Lipinski definition) is 1. The minimum Gasteiger partial charge on any atom is -0.307 e. The molecule has 0 aliphatic heterocycles. The summed E-state index contributed by atoms with van der Waals surface area (Å²) in [6, 6.07) is 15.4. The SMILES string of the molecule is CCNC(c1ccc(F)cc1)c1ccc(CC)cc1. The van der Waals surface area contributed by atoms with E-state index in [0.29, 0.717) is 0 Å². The fraction of sp³-hybridized carbons (Fsp3) is 0.294. The van der Waals surface area contributed by atoms with Gasteiger partial charge in [-0.15, -0.1) is 0 Å². The van der Waals surface area contributed by atoms with E-state index in [1.807, 2.05) is 12.1 Å². The number of benzene rings is 2. The molecule has 19 heavy (non-hydrogen) atoms. The topological polar surface area (TPSA) is 12.0 Å². The Balaban J connectivity index is 2.30. The fourth-order valence-corrected chi connectivity index (χ4v) is 2.23. The summed E-state index contributed by atoms with van der Waals surface area (Å²) in [5.74, 6) is -0.194. The van der Waals surface area contributed by atoms with Gasteiger partial charge in [0.2, 0.25) is 0 Å². The highest BCUT2D eigenvalue weighted by atomic mass is 19.1. The highest BCUT2D eigenvalue weighted by Crippen LogP contribution is 2.22. The highest BCUT2D eigenvalue weighted by molar-refractivity contribution is 5.33. The molecule has 0 saturated heterocycles. The Morgan fingerprint density at radius 1 is 0.895 bits per heavy atom. The van der Waals surface area contributed by atoms with E-state index in [1.54, 1.807) is 0 Å². The smallest absolute Gasteiger partial charge is 0.123 e. The average Bonchev–Trinajstić information content (AvgIpc) is 2.46. The van der Waals surface area contributed by atoms with Crippen molar-refractivity contribution in [1.82, 2.24) is 5.32 Å². The van der Waals surface area contributed by atoms with Gasteiger partial charge < -0.3 is 5.32 Å². The van der Waals surface area contributed by atoms with Crippen molar-refractivity contribution in [2.24, 2.45) is 0 Å². The maximum absolute atomic E-state index is 13.0. The summed E-state index contributed by atoms with van der Waals surface area (Å²) in [4.78, 5) is 0. The molecule has 0 bridgehead atoms. The van der Waals surface area contributed by atoms with Crippen LogP contribution in [0.15, 0.2) is 48.5 Å². The first-order chi connectivity index (χ1) is 9.24. The second-order valence-corrected chi connectivity index (χ2v) is 4.64. The van der Waals surface area contributed by atoms with Crippen LogP contribution in [-0.4, -0.2) is 6.54 Å². The second kappa shape index (κ2) is 6.48. The largest absolute Gasteiger partial charge is 0.307 e. The molecule has 1 unspecified atom stereocenters. The Morgan fingerprint density at radius 2 is 1.42 bits per heavy atom. The molecular formula is C17H20FN. The molecule has 2 rings (SSSR count). The number of hydrogen-bond donors (Lipinski definition) is 1. The molecule has 1 atom stereocenters. The summed E-state index contributed by atoms with van der Waals surface area (Å²) in [5.41, 5.74) is 3.64. The molecule has 100 valence electrons. The molecule has 0 amide bonds. The summed E-state index contributed by atoms with van der Waals surface area (Å²) in [7, 11) is 0. The first-order valence-electron chi connectivity index (χ1n) is 6.82. The fourth-order valence-electron chi connectivity index (χ4n) is 2.23. The molecule has 2 aromatic carbocycles. The summed E-state index contributed by atoms with van der Waals surface area (Å²) in [5, 5.41) is 3.45. The monoisotopic (exact) mass is 257 g/mol. The zero-order chi connectivity index (χ0) is 13.7. The van der Waals surface area contributed by atoms with E-state index in [-0.39, 0.29) is 11.9 Å². The van der Waals surface area contributed by atoms with E-state index in [0.717, 1.165) is 18.5 Å². The van der Waals surface area contributed by atoms with Gasteiger partial charge in [0.25, 0.3) is 0 Å². The predicted molar refractivity (Wildman–Crippen MR) is 77.7 cm³/mol. The van der Waals surface area contributed by atoms with E-state index in [4.69, 9.17) is 0 Å². The molecule has 2 heteroatoms. The zero-order valence-electron chi connectivity index (χ0n) is 11.5. The van der Waals surface area contributed by atoms with Crippen LogP contribution in [0, 0.1) is 5.82 Å². The van der Waals surface area contributed by atoms with Crippen LogP contribution in [0.1, 0.15) is 36.6 Å². The second-order valence-electron chi connectivity index (χ2n) is 4.64. The standard InChI is InChI=1S/C17H20FN/c1-3-13-5-7-14(8-6-13)17(19-4-2)15-9-11-16(18)12-10-15/h5-12,17,19H,3-4H2,1-2H3. The van der Waals surface area contributed by atoms with Crippen LogP contribution in [0.5, 0.6) is 0 Å². The third kappa shape index (κ3) is 3.42. The maximum atomic E-state index is 13.0. The van der Waals surface area contributed by atoms with Gasteiger partial charge in [0.15, 0.2) is 0 Å². The van der Waals surface area contributed by atoms with Gasteiger partial charge in [0.05, 0.1) is 6.04 Å². The van der Waals surface area contributed by atoms with Gasteiger partial charge in [-0.2, -0.15) is 0 Å². The Hall–Kier alpha value is -1.67. The quantitative estimate of drug-likeness (QED) is 0.850. The van der Waals surface area contributed by atoms with Crippen molar-refractivity contribution in [3.05, 3.63) is 71.0 Å². The summed E-state index contributed by atoms with van der Waals surface area (Å²) in [6.45, 7) is 5.10. The maximum Gasteiger partial charge on any atom is 0.123 e. The molecule has 0 saturated carbocycles. The van der Waals surface area contributed by atoms with Gasteiger partial charge in [-0.1, -0.05) is 50.2 Å². The Labute approximate surface area is 114 Å². The lowest BCUT2D eigenvalue weighted by Gasteiger charge is -2.19. The number of nitrogens with one attached hydrogen (secondary N) is 1. The van der Waals surface area contributed by atoms with Crippen LogP contribution in [0.4, 0.5) is 4.39 Å². The molecule has 2 aromatic rings. The number of rotatable bonds is 5. The Morgan fingerprint density at radius 3 is 1.89 bits per heavy atom. The van der Waals surface area contributed by atoms with Gasteiger partial charge in [-0.25, -0.2) is 4.39 Å². The van der Waals surface area contributed by atoms with Crippen LogP contribution >= 0.6 is 0 Å². The van der Waals surface area contributed by atoms with Gasteiger partial charge in [-0.05, 0) is 41.8 Å². The molecular weight excluding hydrogens is 237 g/mol. The zero-order valence-corrected chi connectivity index (χ0v) is 11.5. The van der Waals surface area contributed by atoms with Crippen LogP contribution < -0.4 is 5.32 Å². The molecule has 0 aliphatic carbocycles. The molecule has 0 fully saturated rings. The number of halogens is 1. The lowest BCUT2D eigenvalue weighted by molar-refractivity contribution is 0.613. The third-order valence-electron chi connectivity index (χ3n) is 3.33. The molecule has 0 aromatic heterocycles. The lowest BCUT2D eigenvalue weighted by atomic mass is 9.97. The summed E-state index contributed by atoms with van der Waals surface area (Å²) < 4.78 is 13.0. The van der Waals surface area contributed by atoms with E-state index in [2.05, 4.69) is 43.4 Å². The number of aryl methyl sites for hydroxylation is 1. The summed E-state index contributed by atoms with van der Waals surface area (Å²) in [6.07, 6.45) is 1.04. The molecule has 1 N–H and O–H groups in total. The Bertz CT molecular complexity index is 502. The van der Waals surface area contributed by atoms with Crippen molar-refractivity contribution >= 4 is 0 Å². The average molecular weight is 257 g/mol. The van der Waals surface area contributed by atoms with Gasteiger partial charge in [0.1, 0.15) is 5.82 Å². The first-order valence-corrected chi connectivity index (χ1v) is 6.82. The van der Waals surface area contributed by atoms with Crippen molar-refractivity contribution in [3.63, 3.8) is 0 Å². The minimum atomic E-state index is -0.194. The van der Waals surface area contributed by atoms with Crippen molar-refractivity contribution in [3.8, 4) is 0 Å². The highest BCUT2D eigenvalue weighted by Gasteiger charge is 2.12. The van der Waals surface area contributed by atoms with Crippen molar-refractivity contribution in [2.45, 2.75) is 26.3 Å². The lowest BCUT2D eigenvalue weighted by Crippen LogP contribution is -2.21. The van der Waals surface area contributed by atoms with E-state index >= 15 is 0 Å². The molecule has 1 nitrogen and oxygen atoms in total. The van der Waals surface area contributed by atoms with E-state index < -0.39 is 0 Å².